The monoisotopic (exact) mass is 1200 g/mol. The second-order valence-electron chi connectivity index (χ2n) is 26.9. The number of carbonyl (C=O) groups is 11. The summed E-state index contributed by atoms with van der Waals surface area (Å²) >= 11 is 0. The minimum Gasteiger partial charge on any atom is -0.390 e. The number of amides is 11. The number of carbonyl (C=O) groups excluding carboxylic acids is 11. The second-order valence-corrected chi connectivity index (χ2v) is 26.9. The Morgan fingerprint density at radius 2 is 0.812 bits per heavy atom. The first-order valence-electron chi connectivity index (χ1n) is 30.8. The van der Waals surface area contributed by atoms with Gasteiger partial charge in [-0.2, -0.15) is 0 Å². The van der Waals surface area contributed by atoms with Crippen molar-refractivity contribution < 1.29 is 57.8 Å². The number of hydrogen-bond donors (Lipinski definition) is 5. The lowest BCUT2D eigenvalue weighted by Gasteiger charge is -2.41. The van der Waals surface area contributed by atoms with Crippen LogP contribution in [0.5, 0.6) is 0 Å². The summed E-state index contributed by atoms with van der Waals surface area (Å²) in [4.78, 5) is 169. The third-order valence-electron chi connectivity index (χ3n) is 16.2. The van der Waals surface area contributed by atoms with Crippen molar-refractivity contribution in [2.24, 2.45) is 47.3 Å². The highest BCUT2D eigenvalue weighted by Gasteiger charge is 2.46. The molecule has 0 aliphatic carbocycles. The van der Waals surface area contributed by atoms with E-state index in [-0.39, 0.29) is 61.7 Å². The first-order chi connectivity index (χ1) is 39.1. The van der Waals surface area contributed by atoms with Crippen molar-refractivity contribution in [3.05, 3.63) is 0 Å². The van der Waals surface area contributed by atoms with Gasteiger partial charge in [-0.25, -0.2) is 0 Å². The van der Waals surface area contributed by atoms with Gasteiger partial charge in [0.2, 0.25) is 65.0 Å². The molecule has 23 nitrogen and oxygen atoms in total. The normalized spacial score (nSPS) is 26.9. The lowest BCUT2D eigenvalue weighted by Crippen LogP contribution is -2.63. The van der Waals surface area contributed by atoms with Gasteiger partial charge in [-0.3, -0.25) is 52.7 Å². The molecule has 0 aromatic carbocycles. The quantitative estimate of drug-likeness (QED) is 0.158. The van der Waals surface area contributed by atoms with Crippen LogP contribution in [0.1, 0.15) is 163 Å². The van der Waals surface area contributed by atoms with Crippen LogP contribution >= 0.6 is 0 Å². The molecule has 0 aromatic heterocycles. The molecule has 11 amide bonds. The SMILES string of the molecule is CC[C@@H]1NC(=O)[C@H]([C@H](O)[C@H](C)CC(C)C)N(C)C(=O)[C@H](C(C)C)N(C)C(=O)[C@H](CC(C)C)N(C)C(=O)[C@H](CC(C)C)N(C)C(=O)[C@@H](C)NC(=O)[C@H](C)NC(=O)[C@H](CC(C)C)N(C)C(=O)[C@H](C(C)C)NC(=O)[C@H](CC(C)C)N(C)C(=O)CN(C)C1=O. The van der Waals surface area contributed by atoms with E-state index in [0.717, 1.165) is 9.80 Å². The zero-order valence-corrected chi connectivity index (χ0v) is 56.5. The summed E-state index contributed by atoms with van der Waals surface area (Å²) in [6.45, 7) is 31.5. The molecule has 0 bridgehead atoms. The van der Waals surface area contributed by atoms with E-state index >= 15 is 9.59 Å². The predicted octanol–water partition coefficient (Wildman–Crippen LogP) is 3.35. The van der Waals surface area contributed by atoms with Gasteiger partial charge in [-0.1, -0.05) is 111 Å². The Morgan fingerprint density at radius 3 is 1.25 bits per heavy atom. The van der Waals surface area contributed by atoms with Gasteiger partial charge in [0.15, 0.2) is 0 Å². The molecule has 5 N–H and O–H groups in total. The molecular weight excluding hydrogens is 1090 g/mol. The maximum absolute atomic E-state index is 15.2. The Balaban J connectivity index is 4.32. The Labute approximate surface area is 509 Å². The molecule has 0 saturated carbocycles. The maximum Gasteiger partial charge on any atom is 0.246 e. The molecule has 85 heavy (non-hydrogen) atoms. The molecule has 1 fully saturated rings. The first-order valence-corrected chi connectivity index (χ1v) is 30.8. The predicted molar refractivity (Wildman–Crippen MR) is 328 cm³/mol. The van der Waals surface area contributed by atoms with E-state index < -0.39 is 156 Å². The van der Waals surface area contributed by atoms with Crippen LogP contribution in [0, 0.1) is 47.3 Å². The molecule has 488 valence electrons. The summed E-state index contributed by atoms with van der Waals surface area (Å²) < 4.78 is 0. The van der Waals surface area contributed by atoms with Crippen molar-refractivity contribution in [1.82, 2.24) is 55.6 Å². The molecule has 1 heterocycles. The van der Waals surface area contributed by atoms with E-state index in [1.807, 2.05) is 69.2 Å². The molecule has 0 unspecified atom stereocenters. The van der Waals surface area contributed by atoms with E-state index in [2.05, 4.69) is 21.3 Å². The van der Waals surface area contributed by atoms with Crippen molar-refractivity contribution in [1.29, 1.82) is 0 Å². The van der Waals surface area contributed by atoms with Crippen LogP contribution < -0.4 is 21.3 Å². The van der Waals surface area contributed by atoms with E-state index in [1.165, 1.54) is 87.7 Å². The van der Waals surface area contributed by atoms with Gasteiger partial charge < -0.3 is 60.7 Å². The number of aliphatic hydroxyl groups is 1. The lowest BCUT2D eigenvalue weighted by atomic mass is 9.88. The molecule has 23 heteroatoms. The van der Waals surface area contributed by atoms with Crippen LogP contribution in [0.3, 0.4) is 0 Å². The third kappa shape index (κ3) is 21.8. The molecule has 0 spiro atoms. The number of nitrogens with one attached hydrogen (secondary N) is 4. The number of likely N-dealkylation sites (N-methyl/N-ethyl adjacent to an activating group) is 7. The van der Waals surface area contributed by atoms with Crippen molar-refractivity contribution in [2.75, 3.05) is 55.9 Å². The largest absolute Gasteiger partial charge is 0.390 e. The number of hydrogen-bond acceptors (Lipinski definition) is 12. The van der Waals surface area contributed by atoms with Crippen molar-refractivity contribution in [3.63, 3.8) is 0 Å². The van der Waals surface area contributed by atoms with Gasteiger partial charge in [-0.15, -0.1) is 0 Å². The van der Waals surface area contributed by atoms with Crippen LogP contribution in [0.4, 0.5) is 0 Å². The van der Waals surface area contributed by atoms with E-state index in [4.69, 9.17) is 0 Å². The van der Waals surface area contributed by atoms with Crippen LogP contribution in [0.2, 0.25) is 0 Å². The van der Waals surface area contributed by atoms with Crippen LogP contribution in [0.15, 0.2) is 0 Å². The summed E-state index contributed by atoms with van der Waals surface area (Å²) in [5.74, 6) is -9.50. The number of rotatable bonds is 15. The van der Waals surface area contributed by atoms with Gasteiger partial charge in [0.25, 0.3) is 0 Å². The molecule has 0 aromatic rings. The maximum atomic E-state index is 15.2. The average Bonchev–Trinajstić information content (AvgIpc) is 2.65. The Hall–Kier alpha value is -5.87. The fourth-order valence-corrected chi connectivity index (χ4v) is 11.1. The topological polar surface area (TPSA) is 279 Å². The van der Waals surface area contributed by atoms with Crippen LogP contribution in [-0.2, 0) is 52.7 Å². The molecule has 1 aliphatic heterocycles. The van der Waals surface area contributed by atoms with E-state index in [9.17, 15) is 48.3 Å². The highest BCUT2D eigenvalue weighted by Crippen LogP contribution is 2.26. The van der Waals surface area contributed by atoms with E-state index in [1.54, 1.807) is 41.5 Å². The standard InChI is InChI=1S/C62H113N11O12/c1-26-43-58(81)67(19)32-48(74)68(20)44(28-34(4)5)55(78)66-49(38(12)13)61(84)69(21)45(29-35(6)7)54(77)63-41(17)53(76)64-42(18)57(80)70(22)46(30-36(8)9)59(82)71(23)47(31-37(10)11)60(83)72(24)50(39(14)15)62(85)73(25)51(56(79)65-43)52(75)40(16)27-33(2)3/h33-47,49-52,75H,26-32H2,1-25H3,(H,63,77)(H,64,76)(H,65,79)(H,66,78)/t40-,41+,42-,43+,44+,45+,46+,47+,49+,50+,51+,52-/m1/s1. The van der Waals surface area contributed by atoms with Gasteiger partial charge >= 0.3 is 0 Å². The average molecular weight is 1200 g/mol. The summed E-state index contributed by atoms with van der Waals surface area (Å²) in [5.41, 5.74) is 0. The molecule has 0 radical (unpaired) electrons. The highest BCUT2D eigenvalue weighted by molar-refractivity contribution is 5.99. The van der Waals surface area contributed by atoms with Gasteiger partial charge in [0.05, 0.1) is 12.6 Å². The van der Waals surface area contributed by atoms with Gasteiger partial charge in [-0.05, 0) is 99.7 Å². The summed E-state index contributed by atoms with van der Waals surface area (Å²) in [6, 6.07) is -12.3. The zero-order chi connectivity index (χ0) is 66.1. The van der Waals surface area contributed by atoms with Crippen molar-refractivity contribution in [2.45, 2.75) is 230 Å². The van der Waals surface area contributed by atoms with Gasteiger partial charge in [0.1, 0.15) is 60.4 Å². The minimum atomic E-state index is -1.59. The second kappa shape index (κ2) is 34.5. The molecule has 1 aliphatic rings. The van der Waals surface area contributed by atoms with Crippen LogP contribution in [-0.4, -0.2) is 227 Å². The number of nitrogens with zero attached hydrogens (tertiary/aromatic N) is 7. The third-order valence-corrected chi connectivity index (χ3v) is 16.2. The fraction of sp³-hybridized carbons (Fsp3) is 0.823. The van der Waals surface area contributed by atoms with Crippen LogP contribution in [0.25, 0.3) is 0 Å². The van der Waals surface area contributed by atoms with Crippen molar-refractivity contribution >= 4 is 65.0 Å². The Bertz CT molecular complexity index is 2290. The molecule has 1 saturated heterocycles. The molecular formula is C62H113N11O12. The Morgan fingerprint density at radius 1 is 0.412 bits per heavy atom. The highest BCUT2D eigenvalue weighted by atomic mass is 16.3. The number of aliphatic hydroxyl groups excluding tert-OH is 1. The molecule has 12 atom stereocenters. The molecule has 1 rings (SSSR count). The summed E-state index contributed by atoms with van der Waals surface area (Å²) in [5, 5.41) is 23.1. The van der Waals surface area contributed by atoms with E-state index in [0.29, 0.717) is 6.42 Å². The Kier molecular flexibility index (Phi) is 31.3. The summed E-state index contributed by atoms with van der Waals surface area (Å²) in [7, 11) is 9.95. The fourth-order valence-electron chi connectivity index (χ4n) is 11.1. The minimum absolute atomic E-state index is 0.0302. The van der Waals surface area contributed by atoms with Gasteiger partial charge in [0, 0.05) is 49.3 Å². The zero-order valence-electron chi connectivity index (χ0n) is 56.5. The van der Waals surface area contributed by atoms with Crippen molar-refractivity contribution in [3.8, 4) is 0 Å². The summed E-state index contributed by atoms with van der Waals surface area (Å²) in [6.07, 6.45) is -0.354. The lowest BCUT2D eigenvalue weighted by molar-refractivity contribution is -0.157. The smallest absolute Gasteiger partial charge is 0.246 e. The first kappa shape index (κ1) is 77.1.